The molecule has 0 unspecified atom stereocenters. The molecule has 0 aliphatic carbocycles. The van der Waals surface area contributed by atoms with Crippen LogP contribution in [-0.4, -0.2) is 73.0 Å². The molecule has 0 radical (unpaired) electrons. The van der Waals surface area contributed by atoms with Crippen LogP contribution in [0.4, 0.5) is 0 Å². The minimum absolute atomic E-state index is 0.0956. The number of rotatable bonds is 4. The Morgan fingerprint density at radius 1 is 1.13 bits per heavy atom. The number of aromatic nitrogens is 5. The third-order valence-electron chi connectivity index (χ3n) is 6.18. The largest absolute Gasteiger partial charge is 0.328 e. The summed E-state index contributed by atoms with van der Waals surface area (Å²) in [5.41, 5.74) is 1.38. The summed E-state index contributed by atoms with van der Waals surface area (Å²) in [6, 6.07) is 1.80. The lowest BCUT2D eigenvalue weighted by Gasteiger charge is -2.33. The Morgan fingerprint density at radius 3 is 2.43 bits per heavy atom. The highest BCUT2D eigenvalue weighted by Crippen LogP contribution is 2.30. The monoisotopic (exact) mass is 435 g/mol. The lowest BCUT2D eigenvalue weighted by Crippen LogP contribution is -2.42. The van der Waals surface area contributed by atoms with Crippen molar-refractivity contribution in [1.29, 1.82) is 0 Å². The van der Waals surface area contributed by atoms with E-state index >= 15 is 0 Å². The zero-order chi connectivity index (χ0) is 21.6. The van der Waals surface area contributed by atoms with Crippen molar-refractivity contribution in [3.8, 4) is 0 Å². The van der Waals surface area contributed by atoms with Gasteiger partial charge in [-0.3, -0.25) is 9.48 Å². The summed E-state index contributed by atoms with van der Waals surface area (Å²) in [4.78, 5) is 14.6. The van der Waals surface area contributed by atoms with Gasteiger partial charge in [0.05, 0.1) is 11.8 Å². The fourth-order valence-corrected chi connectivity index (χ4v) is 5.47. The second kappa shape index (κ2) is 7.77. The van der Waals surface area contributed by atoms with Crippen LogP contribution >= 0.6 is 0 Å². The summed E-state index contributed by atoms with van der Waals surface area (Å²) >= 11 is 0. The molecule has 30 heavy (non-hydrogen) atoms. The molecule has 0 saturated carbocycles. The first kappa shape index (κ1) is 21.0. The highest BCUT2D eigenvalue weighted by Gasteiger charge is 2.34. The zero-order valence-corrected chi connectivity index (χ0v) is 18.8. The van der Waals surface area contributed by atoms with Crippen molar-refractivity contribution in [3.05, 3.63) is 29.1 Å². The van der Waals surface area contributed by atoms with Gasteiger partial charge >= 0.3 is 0 Å². The molecular weight excluding hydrogens is 406 g/mol. The molecule has 4 rings (SSSR count). The second-order valence-electron chi connectivity index (χ2n) is 8.41. The normalized spacial score (nSPS) is 18.8. The van der Waals surface area contributed by atoms with Gasteiger partial charge in [-0.05, 0) is 39.7 Å². The predicted molar refractivity (Wildman–Crippen MR) is 110 cm³/mol. The van der Waals surface area contributed by atoms with Gasteiger partial charge in [-0.25, -0.2) is 12.7 Å². The molecule has 2 aromatic rings. The van der Waals surface area contributed by atoms with Crippen LogP contribution in [0.2, 0.25) is 0 Å². The molecule has 1 fully saturated rings. The average Bonchev–Trinajstić information content (AvgIpc) is 3.30. The van der Waals surface area contributed by atoms with E-state index in [1.54, 1.807) is 33.8 Å². The number of amides is 1. The van der Waals surface area contributed by atoms with Gasteiger partial charge in [-0.15, -0.1) is 10.2 Å². The molecule has 0 atom stereocenters. The van der Waals surface area contributed by atoms with E-state index in [4.69, 9.17) is 0 Å². The molecule has 0 spiro atoms. The van der Waals surface area contributed by atoms with E-state index in [0.717, 1.165) is 30.2 Å². The van der Waals surface area contributed by atoms with E-state index in [1.807, 2.05) is 14.0 Å². The number of carbonyl (C=O) groups excluding carboxylic acids is 1. The standard InChI is InChI=1S/C19H29N7O3S/c1-13(2)30(28,29)25-7-5-15(6-8-25)18-21-20-17-12-24(9-10-26(17)18)19(27)16-11-14(3)23(4)22-16/h11,13,15H,5-10,12H2,1-4H3. The van der Waals surface area contributed by atoms with Gasteiger partial charge in [0.25, 0.3) is 5.91 Å². The number of piperidine rings is 1. The number of fused-ring (bicyclic) bond motifs is 1. The Bertz CT molecular complexity index is 1030. The lowest BCUT2D eigenvalue weighted by molar-refractivity contribution is 0.0699. The van der Waals surface area contributed by atoms with Gasteiger partial charge < -0.3 is 9.47 Å². The summed E-state index contributed by atoms with van der Waals surface area (Å²) in [5, 5.41) is 12.6. The summed E-state index contributed by atoms with van der Waals surface area (Å²) in [7, 11) is -1.39. The van der Waals surface area contributed by atoms with Crippen LogP contribution in [0.3, 0.4) is 0 Å². The molecule has 11 heteroatoms. The summed E-state index contributed by atoms with van der Waals surface area (Å²) in [5.74, 6) is 1.77. The van der Waals surface area contributed by atoms with Crippen molar-refractivity contribution in [3.63, 3.8) is 0 Å². The van der Waals surface area contributed by atoms with Gasteiger partial charge in [-0.2, -0.15) is 5.10 Å². The Balaban J connectivity index is 1.44. The van der Waals surface area contributed by atoms with Crippen molar-refractivity contribution in [1.82, 2.24) is 33.8 Å². The fourth-order valence-electron chi connectivity index (χ4n) is 4.15. The van der Waals surface area contributed by atoms with Crippen molar-refractivity contribution in [2.45, 2.75) is 57.9 Å². The molecular formula is C19H29N7O3S. The van der Waals surface area contributed by atoms with Crippen molar-refractivity contribution in [2.24, 2.45) is 7.05 Å². The van der Waals surface area contributed by atoms with Gasteiger partial charge in [0.15, 0.2) is 11.5 Å². The molecule has 4 heterocycles. The lowest BCUT2D eigenvalue weighted by atomic mass is 9.97. The van der Waals surface area contributed by atoms with Crippen molar-refractivity contribution < 1.29 is 13.2 Å². The number of hydrogen-bond acceptors (Lipinski definition) is 6. The predicted octanol–water partition coefficient (Wildman–Crippen LogP) is 0.894. The fraction of sp³-hybridized carbons (Fsp3) is 0.684. The second-order valence-corrected chi connectivity index (χ2v) is 10.9. The van der Waals surface area contributed by atoms with E-state index < -0.39 is 15.3 Å². The van der Waals surface area contributed by atoms with Gasteiger partial charge in [-0.1, -0.05) is 0 Å². The molecule has 1 amide bonds. The van der Waals surface area contributed by atoms with Crippen molar-refractivity contribution >= 4 is 15.9 Å². The Hall–Kier alpha value is -2.27. The summed E-state index contributed by atoms with van der Waals surface area (Å²) in [6.07, 6.45) is 1.47. The van der Waals surface area contributed by atoms with E-state index in [2.05, 4.69) is 19.9 Å². The van der Waals surface area contributed by atoms with Gasteiger partial charge in [0.2, 0.25) is 10.0 Å². The van der Waals surface area contributed by atoms with Crippen LogP contribution in [0, 0.1) is 6.92 Å². The Morgan fingerprint density at radius 2 is 1.83 bits per heavy atom. The number of nitrogens with zero attached hydrogens (tertiary/aromatic N) is 7. The number of aryl methyl sites for hydroxylation is 2. The number of hydrogen-bond donors (Lipinski definition) is 0. The maximum Gasteiger partial charge on any atom is 0.274 e. The topological polar surface area (TPSA) is 106 Å². The van der Waals surface area contributed by atoms with Gasteiger partial charge in [0.1, 0.15) is 5.82 Å². The first-order chi connectivity index (χ1) is 14.2. The summed E-state index contributed by atoms with van der Waals surface area (Å²) in [6.45, 7) is 7.99. The summed E-state index contributed by atoms with van der Waals surface area (Å²) < 4.78 is 30.2. The van der Waals surface area contributed by atoms with Crippen LogP contribution < -0.4 is 0 Å². The quantitative estimate of drug-likeness (QED) is 0.706. The van der Waals surface area contributed by atoms with E-state index in [9.17, 15) is 13.2 Å². The number of sulfonamides is 1. The molecule has 0 bridgehead atoms. The molecule has 2 aliphatic rings. The highest BCUT2D eigenvalue weighted by atomic mass is 32.2. The minimum atomic E-state index is -3.22. The van der Waals surface area contributed by atoms with Crippen LogP contribution in [0.15, 0.2) is 6.07 Å². The Kier molecular flexibility index (Phi) is 5.43. The van der Waals surface area contributed by atoms with Crippen LogP contribution in [-0.2, 0) is 30.2 Å². The molecule has 164 valence electrons. The van der Waals surface area contributed by atoms with Crippen LogP contribution in [0.25, 0.3) is 0 Å². The third kappa shape index (κ3) is 3.64. The van der Waals surface area contributed by atoms with E-state index in [0.29, 0.717) is 38.4 Å². The Labute approximate surface area is 176 Å². The molecule has 2 aliphatic heterocycles. The highest BCUT2D eigenvalue weighted by molar-refractivity contribution is 7.89. The van der Waals surface area contributed by atoms with E-state index in [1.165, 1.54) is 0 Å². The van der Waals surface area contributed by atoms with Gasteiger partial charge in [0, 0.05) is 44.8 Å². The first-order valence-electron chi connectivity index (χ1n) is 10.4. The SMILES string of the molecule is Cc1cc(C(=O)N2CCn3c(nnc3C3CCN(S(=O)(=O)C(C)C)CC3)C2)nn1C. The van der Waals surface area contributed by atoms with E-state index in [-0.39, 0.29) is 11.8 Å². The molecule has 2 aromatic heterocycles. The first-order valence-corrected chi connectivity index (χ1v) is 11.9. The molecule has 0 aromatic carbocycles. The third-order valence-corrected chi connectivity index (χ3v) is 8.45. The number of carbonyl (C=O) groups is 1. The minimum Gasteiger partial charge on any atom is -0.328 e. The molecule has 0 N–H and O–H groups in total. The molecule has 10 nitrogen and oxygen atoms in total. The van der Waals surface area contributed by atoms with Crippen LogP contribution in [0.1, 0.15) is 60.4 Å². The maximum atomic E-state index is 12.8. The zero-order valence-electron chi connectivity index (χ0n) is 17.9. The van der Waals surface area contributed by atoms with Crippen LogP contribution in [0.5, 0.6) is 0 Å². The van der Waals surface area contributed by atoms with Crippen molar-refractivity contribution in [2.75, 3.05) is 19.6 Å². The maximum absolute atomic E-state index is 12.8. The average molecular weight is 436 g/mol. The molecule has 1 saturated heterocycles. The smallest absolute Gasteiger partial charge is 0.274 e.